The van der Waals surface area contributed by atoms with Crippen LogP contribution in [-0.4, -0.2) is 80.9 Å². The second-order valence-corrected chi connectivity index (χ2v) is 18.2. The number of anilines is 1. The van der Waals surface area contributed by atoms with Crippen LogP contribution in [0.4, 0.5) is 5.13 Å². The van der Waals surface area contributed by atoms with E-state index in [0.29, 0.717) is 15.6 Å². The van der Waals surface area contributed by atoms with E-state index in [-0.39, 0.29) is 40.0 Å². The van der Waals surface area contributed by atoms with Crippen molar-refractivity contribution in [3.63, 3.8) is 0 Å². The van der Waals surface area contributed by atoms with Crippen LogP contribution in [0.3, 0.4) is 0 Å². The Kier molecular flexibility index (Phi) is 12.4. The van der Waals surface area contributed by atoms with E-state index >= 15 is 0 Å². The average Bonchev–Trinajstić information content (AvgIpc) is 3.77. The maximum atomic E-state index is 13.5. The number of benzene rings is 2. The number of nitrogens with one attached hydrogen (secondary N) is 1. The summed E-state index contributed by atoms with van der Waals surface area (Å²) in [7, 11) is -1.52. The Morgan fingerprint density at radius 1 is 1.09 bits per heavy atom. The van der Waals surface area contributed by atoms with Crippen LogP contribution < -0.4 is 11.1 Å². The summed E-state index contributed by atoms with van der Waals surface area (Å²) in [4.78, 5) is 63.2. The molecule has 2 aliphatic heterocycles. The van der Waals surface area contributed by atoms with E-state index in [4.69, 9.17) is 19.5 Å². The minimum atomic E-state index is -3.84. The van der Waals surface area contributed by atoms with Gasteiger partial charge in [-0.1, -0.05) is 72.4 Å². The zero-order valence-electron chi connectivity index (χ0n) is 29.0. The lowest BCUT2D eigenvalue weighted by Crippen LogP contribution is -2.70. The number of β-lactam (4-membered cyclic amide) rings is 1. The predicted octanol–water partition coefficient (Wildman–Crippen LogP) is 5.72. The van der Waals surface area contributed by atoms with Gasteiger partial charge in [0, 0.05) is 41.8 Å². The third kappa shape index (κ3) is 8.65. The molecule has 2 aromatic heterocycles. The van der Waals surface area contributed by atoms with Gasteiger partial charge in [-0.3, -0.25) is 23.8 Å². The number of ether oxygens (including phenoxy) is 1. The van der Waals surface area contributed by atoms with Crippen LogP contribution in [0.15, 0.2) is 87.5 Å². The lowest BCUT2D eigenvalue weighted by Gasteiger charge is -2.49. The van der Waals surface area contributed by atoms with E-state index in [1.165, 1.54) is 45.1 Å². The number of hydrogen-bond acceptors (Lipinski definition) is 15. The second-order valence-electron chi connectivity index (χ2n) is 11.8. The van der Waals surface area contributed by atoms with Crippen molar-refractivity contribution in [1.29, 1.82) is 0 Å². The number of nitrogens with zero attached hydrogens (tertiary/aromatic N) is 3. The zero-order chi connectivity index (χ0) is 38.6. The molecule has 54 heavy (non-hydrogen) atoms. The number of nitrogen functional groups attached to an aromatic ring is 1. The highest BCUT2D eigenvalue weighted by Gasteiger charge is 2.54. The van der Waals surface area contributed by atoms with Crippen molar-refractivity contribution in [3.8, 4) is 0 Å². The van der Waals surface area contributed by atoms with Gasteiger partial charge in [0.15, 0.2) is 15.6 Å². The highest BCUT2D eigenvalue weighted by molar-refractivity contribution is 8.01. The fourth-order valence-corrected chi connectivity index (χ4v) is 10.9. The van der Waals surface area contributed by atoms with E-state index in [2.05, 4.69) is 15.3 Å². The van der Waals surface area contributed by atoms with Crippen molar-refractivity contribution < 1.29 is 42.6 Å². The normalized spacial score (nSPS) is 17.3. The van der Waals surface area contributed by atoms with Gasteiger partial charge in [0.1, 0.15) is 17.1 Å². The summed E-state index contributed by atoms with van der Waals surface area (Å²) in [5, 5.41) is 13.8. The summed E-state index contributed by atoms with van der Waals surface area (Å²) < 4.78 is 29.5. The molecule has 2 aliphatic rings. The first-order chi connectivity index (χ1) is 25.9. The maximum Gasteiger partial charge on any atom is 0.354 e. The van der Waals surface area contributed by atoms with Crippen LogP contribution in [0.1, 0.15) is 33.5 Å². The molecule has 4 aromatic rings. The van der Waals surface area contributed by atoms with E-state index in [1.807, 2.05) is 60.7 Å². The quantitative estimate of drug-likeness (QED) is 0.0432. The number of aromatic nitrogens is 2. The third-order valence-electron chi connectivity index (χ3n) is 8.38. The topological polar surface area (TPSA) is 200 Å². The Hall–Kier alpha value is -4.29. The lowest BCUT2D eigenvalue weighted by molar-refractivity contribution is -0.150. The number of carbonyl (C=O) groups is 4. The van der Waals surface area contributed by atoms with Crippen molar-refractivity contribution in [3.05, 3.63) is 111 Å². The van der Waals surface area contributed by atoms with Gasteiger partial charge in [0.05, 0.1) is 23.4 Å². The van der Waals surface area contributed by atoms with E-state index in [1.54, 1.807) is 6.92 Å². The molecule has 2 aromatic carbocycles. The molecule has 4 heterocycles. The van der Waals surface area contributed by atoms with Gasteiger partial charge in [0.2, 0.25) is 0 Å². The molecule has 1 fully saturated rings. The Morgan fingerprint density at radius 2 is 1.74 bits per heavy atom. The van der Waals surface area contributed by atoms with Gasteiger partial charge in [-0.25, -0.2) is 14.8 Å². The first-order valence-electron chi connectivity index (χ1n) is 16.2. The monoisotopic (exact) mass is 827 g/mol. The first-order valence-corrected chi connectivity index (χ1v) is 21.5. The molecule has 0 spiro atoms. The summed E-state index contributed by atoms with van der Waals surface area (Å²) in [6, 6.07) is 17.9. The number of thiazole rings is 2. The minimum Gasteiger partial charge on any atom is -0.477 e. The number of carbonyl (C=O) groups excluding carboxylic acids is 3. The number of esters is 1. The fraction of sp³-hybridized carbons (Fsp3) is 0.257. The highest BCUT2D eigenvalue weighted by atomic mass is 32.2. The number of rotatable bonds is 15. The SMILES string of the molecule is COP(=O)(/C=C(\C(=O)N[C@@H]1C(=O)N2C(C(=O)O)=C(CSc3nc(C)c(CC(=O)OC(c4ccccc4)c4ccccc4)s3)CS[C@H]12)c1csc(N)n1)OC. The standard InChI is InChI=1S/C35H34N5O9PS4/c1-19-25(14-26(41)49-29(20-10-6-4-7-11-20)21-12-8-5-9-13-21)54-35(37-19)53-17-22-16-51-32-27(31(43)40(32)28(22)33(44)45)39-30(42)23(15-50(46,47-2)48-3)24-18-52-34(36)38-24/h4-13,15,18,27,29,32H,14,16-17H2,1-3H3,(H2,36,38)(H,39,42)(H,44,45)/b23-15-/t27-,32-/m1/s1. The van der Waals surface area contributed by atoms with Crippen molar-refractivity contribution in [2.75, 3.05) is 31.5 Å². The molecule has 0 saturated carbocycles. The number of carboxylic acids is 1. The van der Waals surface area contributed by atoms with Crippen LogP contribution in [0.2, 0.25) is 0 Å². The Labute approximate surface area is 326 Å². The van der Waals surface area contributed by atoms with Gasteiger partial charge in [0.25, 0.3) is 11.8 Å². The minimum absolute atomic E-state index is 0.0114. The van der Waals surface area contributed by atoms with Crippen LogP contribution >= 0.6 is 53.8 Å². The summed E-state index contributed by atoms with van der Waals surface area (Å²) in [5.74, 6) is -1.59. The number of carboxylic acid groups (broad SMARTS) is 1. The van der Waals surface area contributed by atoms with Crippen molar-refractivity contribution in [1.82, 2.24) is 20.2 Å². The molecule has 2 amide bonds. The summed E-state index contributed by atoms with van der Waals surface area (Å²) in [5.41, 5.74) is 8.41. The molecule has 0 radical (unpaired) electrons. The van der Waals surface area contributed by atoms with Gasteiger partial charge in [-0.05, 0) is 23.6 Å². The van der Waals surface area contributed by atoms with E-state index < -0.39 is 48.9 Å². The molecule has 0 aliphatic carbocycles. The lowest BCUT2D eigenvalue weighted by atomic mass is 10.0. The molecule has 282 valence electrons. The Balaban J connectivity index is 1.12. The number of amides is 2. The number of nitrogens with two attached hydrogens (primary N) is 1. The number of aliphatic carboxylic acids is 1. The van der Waals surface area contributed by atoms with Gasteiger partial charge in [-0.15, -0.1) is 34.4 Å². The second kappa shape index (κ2) is 17.0. The molecule has 6 rings (SSSR count). The largest absolute Gasteiger partial charge is 0.477 e. The zero-order valence-corrected chi connectivity index (χ0v) is 33.2. The summed E-state index contributed by atoms with van der Waals surface area (Å²) in [6.07, 6.45) is -0.564. The summed E-state index contributed by atoms with van der Waals surface area (Å²) >= 11 is 5.00. The van der Waals surface area contributed by atoms with Crippen LogP contribution in [0.5, 0.6) is 0 Å². The first kappa shape index (κ1) is 39.4. The maximum absolute atomic E-state index is 13.5. The number of aryl methyl sites for hydroxylation is 1. The molecule has 0 unspecified atom stereocenters. The molecule has 0 bridgehead atoms. The van der Waals surface area contributed by atoms with Crippen molar-refractivity contribution in [2.24, 2.45) is 0 Å². The number of fused-ring (bicyclic) bond motifs is 1. The molecular weight excluding hydrogens is 794 g/mol. The van der Waals surface area contributed by atoms with Crippen LogP contribution in [0.25, 0.3) is 5.57 Å². The Bertz CT molecular complexity index is 2130. The van der Waals surface area contributed by atoms with Gasteiger partial charge < -0.3 is 29.9 Å². The van der Waals surface area contributed by atoms with Crippen molar-refractivity contribution in [2.45, 2.75) is 35.2 Å². The van der Waals surface area contributed by atoms with Gasteiger partial charge >= 0.3 is 19.5 Å². The molecule has 19 heteroatoms. The highest BCUT2D eigenvalue weighted by Crippen LogP contribution is 2.50. The average molecular weight is 828 g/mol. The number of thioether (sulfide) groups is 2. The smallest absolute Gasteiger partial charge is 0.354 e. The number of hydrogen-bond donors (Lipinski definition) is 3. The van der Waals surface area contributed by atoms with E-state index in [0.717, 1.165) is 47.4 Å². The van der Waals surface area contributed by atoms with Crippen molar-refractivity contribution >= 4 is 88.3 Å². The predicted molar refractivity (Wildman–Crippen MR) is 208 cm³/mol. The molecule has 14 nitrogen and oxygen atoms in total. The van der Waals surface area contributed by atoms with Gasteiger partial charge in [-0.2, -0.15) is 0 Å². The molecule has 4 N–H and O–H groups in total. The van der Waals surface area contributed by atoms with E-state index in [9.17, 15) is 28.8 Å². The molecular formula is C35H34N5O9PS4. The third-order valence-corrected chi connectivity index (χ3v) is 14.4. The summed E-state index contributed by atoms with van der Waals surface area (Å²) in [6.45, 7) is 1.80. The Morgan fingerprint density at radius 3 is 2.31 bits per heavy atom. The fourth-order valence-electron chi connectivity index (χ4n) is 5.67. The van der Waals surface area contributed by atoms with Crippen LogP contribution in [0, 0.1) is 6.92 Å². The van der Waals surface area contributed by atoms with Crippen LogP contribution in [-0.2, 0) is 43.9 Å². The molecule has 2 atom stereocenters. The molecule has 1 saturated heterocycles.